The maximum absolute atomic E-state index is 11.9. The second-order valence-corrected chi connectivity index (χ2v) is 8.94. The summed E-state index contributed by atoms with van der Waals surface area (Å²) in [6.45, 7) is 7.84. The van der Waals surface area contributed by atoms with Gasteiger partial charge < -0.3 is 14.3 Å². The lowest BCUT2D eigenvalue weighted by Gasteiger charge is -2.62. The summed E-state index contributed by atoms with van der Waals surface area (Å²) in [5, 5.41) is 11.9. The Bertz CT molecular complexity index is 567. The highest BCUT2D eigenvalue weighted by Gasteiger charge is 2.67. The Labute approximate surface area is 139 Å². The van der Waals surface area contributed by atoms with Crippen molar-refractivity contribution >= 4 is 0 Å². The molecular weight excluding hydrogens is 288 g/mol. The molecule has 3 aliphatic rings. The molecule has 0 unspecified atom stereocenters. The van der Waals surface area contributed by atoms with E-state index in [9.17, 15) is 5.11 Å². The summed E-state index contributed by atoms with van der Waals surface area (Å²) in [4.78, 5) is 0. The van der Waals surface area contributed by atoms with Crippen molar-refractivity contribution in [3.05, 3.63) is 24.2 Å². The second-order valence-electron chi connectivity index (χ2n) is 8.94. The van der Waals surface area contributed by atoms with Crippen LogP contribution >= 0.6 is 0 Å². The predicted molar refractivity (Wildman–Crippen MR) is 89.1 cm³/mol. The highest BCUT2D eigenvalue weighted by Crippen LogP contribution is 2.66. The predicted octanol–water partition coefficient (Wildman–Crippen LogP) is 4.19. The van der Waals surface area contributed by atoms with Gasteiger partial charge in [0.1, 0.15) is 0 Å². The van der Waals surface area contributed by atoms with E-state index in [-0.39, 0.29) is 16.7 Å². The Balaban J connectivity index is 1.67. The fourth-order valence-corrected chi connectivity index (χ4v) is 6.45. The van der Waals surface area contributed by atoms with Gasteiger partial charge in [0.15, 0.2) is 0 Å². The monoisotopic (exact) mass is 318 g/mol. The zero-order valence-corrected chi connectivity index (χ0v) is 14.7. The number of furan rings is 1. The van der Waals surface area contributed by atoms with Crippen molar-refractivity contribution in [3.8, 4) is 0 Å². The second kappa shape index (κ2) is 5.10. The molecule has 2 saturated carbocycles. The van der Waals surface area contributed by atoms with Crippen LogP contribution in [0.1, 0.15) is 58.4 Å². The smallest absolute Gasteiger partial charge is 0.0934 e. The highest BCUT2D eigenvalue weighted by molar-refractivity contribution is 5.17. The lowest BCUT2D eigenvalue weighted by atomic mass is 9.44. The fourth-order valence-electron chi connectivity index (χ4n) is 6.45. The van der Waals surface area contributed by atoms with Crippen LogP contribution in [0.4, 0.5) is 0 Å². The van der Waals surface area contributed by atoms with Crippen LogP contribution in [0.25, 0.3) is 0 Å². The number of aryl methyl sites for hydroxylation is 1. The lowest BCUT2D eigenvalue weighted by Crippen LogP contribution is -2.65. The number of hydrogen-bond acceptors (Lipinski definition) is 3. The molecule has 0 radical (unpaired) electrons. The molecule has 3 fully saturated rings. The first-order valence-electron chi connectivity index (χ1n) is 9.24. The van der Waals surface area contributed by atoms with E-state index in [1.807, 2.05) is 12.3 Å². The van der Waals surface area contributed by atoms with Gasteiger partial charge in [-0.25, -0.2) is 0 Å². The summed E-state index contributed by atoms with van der Waals surface area (Å²) < 4.78 is 11.4. The standard InChI is InChI=1S/C20H30O3/c1-14-11-16-17-18(2,13-23-16)7-4-8-19(17,3)20(14,21)9-5-15-6-10-22-12-15/h6,10,12,14,16-17,21H,4-5,7-9,11,13H2,1-3H3/t14-,16-,17-,18+,19+,20+/m0/s1. The zero-order valence-electron chi connectivity index (χ0n) is 14.7. The minimum absolute atomic E-state index is 0.0391. The first kappa shape index (κ1) is 15.7. The lowest BCUT2D eigenvalue weighted by molar-refractivity contribution is -0.217. The van der Waals surface area contributed by atoms with Crippen molar-refractivity contribution in [3.63, 3.8) is 0 Å². The van der Waals surface area contributed by atoms with E-state index in [2.05, 4.69) is 20.8 Å². The molecule has 3 heteroatoms. The topological polar surface area (TPSA) is 42.6 Å². The highest BCUT2D eigenvalue weighted by atomic mass is 16.5. The molecule has 1 N–H and O–H groups in total. The molecule has 2 aliphatic carbocycles. The zero-order chi connectivity index (χ0) is 16.3. The SMILES string of the molecule is C[C@H]1C[C@@H]2OC[C@@]3(C)CCC[C@](C)([C@@H]23)[C@@]1(O)CCc1ccoc1. The van der Waals surface area contributed by atoms with Gasteiger partial charge in [-0.1, -0.05) is 27.2 Å². The molecule has 3 nitrogen and oxygen atoms in total. The third kappa shape index (κ3) is 2.09. The van der Waals surface area contributed by atoms with Gasteiger partial charge in [-0.15, -0.1) is 0 Å². The molecule has 2 heterocycles. The Morgan fingerprint density at radius 2 is 2.13 bits per heavy atom. The number of ether oxygens (including phenoxy) is 1. The molecule has 6 atom stereocenters. The van der Waals surface area contributed by atoms with Gasteiger partial charge in [-0.2, -0.15) is 0 Å². The average molecular weight is 318 g/mol. The maximum Gasteiger partial charge on any atom is 0.0934 e. The Morgan fingerprint density at radius 3 is 2.87 bits per heavy atom. The van der Waals surface area contributed by atoms with E-state index >= 15 is 0 Å². The van der Waals surface area contributed by atoms with Crippen molar-refractivity contribution in [2.45, 2.75) is 71.0 Å². The normalized spacial score (nSPS) is 49.1. The minimum atomic E-state index is -0.610. The molecule has 128 valence electrons. The summed E-state index contributed by atoms with van der Waals surface area (Å²) in [5.74, 6) is 0.774. The summed E-state index contributed by atoms with van der Waals surface area (Å²) in [7, 11) is 0. The third-order valence-corrected chi connectivity index (χ3v) is 7.65. The van der Waals surface area contributed by atoms with Gasteiger partial charge >= 0.3 is 0 Å². The fraction of sp³-hybridized carbons (Fsp3) is 0.800. The third-order valence-electron chi connectivity index (χ3n) is 7.65. The van der Waals surface area contributed by atoms with Crippen molar-refractivity contribution in [2.75, 3.05) is 6.61 Å². The molecule has 0 spiro atoms. The Kier molecular flexibility index (Phi) is 3.48. The van der Waals surface area contributed by atoms with E-state index < -0.39 is 5.60 Å². The van der Waals surface area contributed by atoms with Crippen LogP contribution in [0.3, 0.4) is 0 Å². The molecule has 1 aromatic heterocycles. The van der Waals surface area contributed by atoms with E-state index in [0.29, 0.717) is 12.0 Å². The Hall–Kier alpha value is -0.800. The molecule has 1 saturated heterocycles. The van der Waals surface area contributed by atoms with Crippen LogP contribution in [0, 0.1) is 22.7 Å². The van der Waals surface area contributed by atoms with Gasteiger partial charge in [0, 0.05) is 11.3 Å². The number of aliphatic hydroxyl groups is 1. The van der Waals surface area contributed by atoms with Crippen LogP contribution in [-0.2, 0) is 11.2 Å². The van der Waals surface area contributed by atoms with Crippen molar-refractivity contribution < 1.29 is 14.3 Å². The quantitative estimate of drug-likeness (QED) is 0.908. The van der Waals surface area contributed by atoms with Crippen LogP contribution in [-0.4, -0.2) is 23.4 Å². The molecule has 23 heavy (non-hydrogen) atoms. The van der Waals surface area contributed by atoms with Gasteiger partial charge in [0.05, 0.1) is 30.8 Å². The molecule has 0 bridgehead atoms. The minimum Gasteiger partial charge on any atom is -0.472 e. The summed E-state index contributed by atoms with van der Waals surface area (Å²) in [6.07, 6.45) is 10.2. The van der Waals surface area contributed by atoms with Crippen molar-refractivity contribution in [1.82, 2.24) is 0 Å². The van der Waals surface area contributed by atoms with Crippen molar-refractivity contribution in [2.24, 2.45) is 22.7 Å². The van der Waals surface area contributed by atoms with E-state index in [1.165, 1.54) is 18.4 Å². The van der Waals surface area contributed by atoms with Gasteiger partial charge in [-0.05, 0) is 55.1 Å². The van der Waals surface area contributed by atoms with Crippen LogP contribution in [0.5, 0.6) is 0 Å². The largest absolute Gasteiger partial charge is 0.472 e. The van der Waals surface area contributed by atoms with E-state index in [1.54, 1.807) is 6.26 Å². The maximum atomic E-state index is 11.9. The van der Waals surface area contributed by atoms with Crippen LogP contribution < -0.4 is 0 Å². The molecule has 0 aromatic carbocycles. The molecule has 1 aliphatic heterocycles. The number of hydrogen-bond donors (Lipinski definition) is 1. The Morgan fingerprint density at radius 1 is 1.30 bits per heavy atom. The van der Waals surface area contributed by atoms with E-state index in [4.69, 9.17) is 9.15 Å². The van der Waals surface area contributed by atoms with Gasteiger partial charge in [-0.3, -0.25) is 0 Å². The first-order chi connectivity index (χ1) is 10.9. The van der Waals surface area contributed by atoms with Crippen molar-refractivity contribution in [1.29, 1.82) is 0 Å². The number of rotatable bonds is 3. The summed E-state index contributed by atoms with van der Waals surface area (Å²) >= 11 is 0. The van der Waals surface area contributed by atoms with Gasteiger partial charge in [0.25, 0.3) is 0 Å². The van der Waals surface area contributed by atoms with E-state index in [0.717, 1.165) is 32.3 Å². The molecule has 1 aromatic rings. The summed E-state index contributed by atoms with van der Waals surface area (Å²) in [6, 6.07) is 2.02. The molecular formula is C20H30O3. The molecule has 4 rings (SSSR count). The van der Waals surface area contributed by atoms with Gasteiger partial charge in [0.2, 0.25) is 0 Å². The van der Waals surface area contributed by atoms with Crippen LogP contribution in [0.15, 0.2) is 23.0 Å². The average Bonchev–Trinajstić information content (AvgIpc) is 3.12. The first-order valence-corrected chi connectivity index (χ1v) is 9.24. The van der Waals surface area contributed by atoms with Crippen LogP contribution in [0.2, 0.25) is 0 Å². The molecule has 0 amide bonds. The summed E-state index contributed by atoms with van der Waals surface area (Å²) in [5.41, 5.74) is 0.794.